The first-order valence-electron chi connectivity index (χ1n) is 11.1. The number of anilines is 1. The van der Waals surface area contributed by atoms with Crippen LogP contribution in [0.15, 0.2) is 85.1 Å². The highest BCUT2D eigenvalue weighted by atomic mass is 16.5. The van der Waals surface area contributed by atoms with E-state index < -0.39 is 11.9 Å². The topological polar surface area (TPSA) is 68.7 Å². The molecule has 0 aliphatic carbocycles. The van der Waals surface area contributed by atoms with Crippen molar-refractivity contribution in [3.05, 3.63) is 107 Å². The van der Waals surface area contributed by atoms with Crippen LogP contribution in [0.2, 0.25) is 0 Å². The summed E-state index contributed by atoms with van der Waals surface area (Å²) in [6.07, 6.45) is 1.55. The average Bonchev–Trinajstić information content (AvgIpc) is 2.88. The molecule has 0 aliphatic rings. The Balaban J connectivity index is 1.94. The zero-order valence-electron chi connectivity index (χ0n) is 19.2. The van der Waals surface area contributed by atoms with Crippen LogP contribution in [0.25, 0.3) is 10.9 Å². The molecule has 6 heteroatoms. The van der Waals surface area contributed by atoms with Crippen LogP contribution in [0, 0.1) is 0 Å². The number of pyridine rings is 1. The minimum Gasteiger partial charge on any atom is -0.465 e. The van der Waals surface area contributed by atoms with Crippen molar-refractivity contribution in [1.29, 1.82) is 0 Å². The van der Waals surface area contributed by atoms with E-state index in [1.807, 2.05) is 60.7 Å². The van der Waals surface area contributed by atoms with Crippen molar-refractivity contribution in [2.75, 3.05) is 18.6 Å². The highest BCUT2D eigenvalue weighted by molar-refractivity contribution is 6.07. The maximum Gasteiger partial charge on any atom is 0.341 e. The molecule has 1 aromatic heterocycles. The van der Waals surface area contributed by atoms with Gasteiger partial charge in [0.25, 0.3) is 0 Å². The van der Waals surface area contributed by atoms with Crippen molar-refractivity contribution in [1.82, 2.24) is 4.98 Å². The van der Waals surface area contributed by atoms with Crippen molar-refractivity contribution in [2.24, 2.45) is 0 Å². The third-order valence-corrected chi connectivity index (χ3v) is 5.50. The molecule has 3 aromatic carbocycles. The normalized spacial score (nSPS) is 10.6. The molecule has 0 bridgehead atoms. The van der Waals surface area contributed by atoms with Gasteiger partial charge in [0.1, 0.15) is 5.56 Å². The SMILES string of the molecule is CCOC(=O)c1cnc2ccc(C(=O)OC)cc2c1N(Cc1ccccc1)Cc1ccccc1. The van der Waals surface area contributed by atoms with E-state index in [1.165, 1.54) is 7.11 Å². The molecule has 4 rings (SSSR count). The number of nitrogens with zero attached hydrogens (tertiary/aromatic N) is 2. The molecule has 0 radical (unpaired) electrons. The van der Waals surface area contributed by atoms with Gasteiger partial charge in [-0.25, -0.2) is 9.59 Å². The molecule has 0 saturated carbocycles. The summed E-state index contributed by atoms with van der Waals surface area (Å²) in [6.45, 7) is 3.11. The molecule has 0 fully saturated rings. The van der Waals surface area contributed by atoms with Crippen molar-refractivity contribution in [2.45, 2.75) is 20.0 Å². The summed E-state index contributed by atoms with van der Waals surface area (Å²) in [5.41, 5.74) is 4.25. The van der Waals surface area contributed by atoms with Gasteiger partial charge in [-0.05, 0) is 36.2 Å². The van der Waals surface area contributed by atoms with Gasteiger partial charge in [-0.15, -0.1) is 0 Å². The Morgan fingerprint density at radius 3 is 2.03 bits per heavy atom. The third-order valence-electron chi connectivity index (χ3n) is 5.50. The fraction of sp³-hybridized carbons (Fsp3) is 0.179. The van der Waals surface area contributed by atoms with Crippen LogP contribution in [-0.4, -0.2) is 30.6 Å². The van der Waals surface area contributed by atoms with Crippen molar-refractivity contribution < 1.29 is 19.1 Å². The van der Waals surface area contributed by atoms with Crippen LogP contribution in [0.4, 0.5) is 5.69 Å². The van der Waals surface area contributed by atoms with Gasteiger partial charge in [-0.2, -0.15) is 0 Å². The lowest BCUT2D eigenvalue weighted by Crippen LogP contribution is -2.25. The van der Waals surface area contributed by atoms with Gasteiger partial charge in [0.05, 0.1) is 30.5 Å². The number of benzene rings is 3. The zero-order valence-corrected chi connectivity index (χ0v) is 19.2. The number of carbonyl (C=O) groups is 2. The van der Waals surface area contributed by atoms with Crippen LogP contribution >= 0.6 is 0 Å². The monoisotopic (exact) mass is 454 g/mol. The summed E-state index contributed by atoms with van der Waals surface area (Å²) in [4.78, 5) is 31.9. The van der Waals surface area contributed by atoms with Gasteiger partial charge in [0.2, 0.25) is 0 Å². The van der Waals surface area contributed by atoms with E-state index >= 15 is 0 Å². The van der Waals surface area contributed by atoms with Crippen molar-refractivity contribution in [3.63, 3.8) is 0 Å². The van der Waals surface area contributed by atoms with Crippen LogP contribution < -0.4 is 4.90 Å². The quantitative estimate of drug-likeness (QED) is 0.332. The Bertz CT molecular complexity index is 1250. The van der Waals surface area contributed by atoms with E-state index in [1.54, 1.807) is 31.3 Å². The Morgan fingerprint density at radius 2 is 1.47 bits per heavy atom. The molecule has 0 atom stereocenters. The van der Waals surface area contributed by atoms with Crippen LogP contribution in [0.3, 0.4) is 0 Å². The van der Waals surface area contributed by atoms with Gasteiger partial charge in [-0.3, -0.25) is 4.98 Å². The number of esters is 2. The number of hydrogen-bond donors (Lipinski definition) is 0. The number of rotatable bonds is 8. The van der Waals surface area contributed by atoms with E-state index in [0.29, 0.717) is 40.8 Å². The Labute approximate surface area is 198 Å². The van der Waals surface area contributed by atoms with Crippen molar-refractivity contribution in [3.8, 4) is 0 Å². The Morgan fingerprint density at radius 1 is 0.853 bits per heavy atom. The fourth-order valence-electron chi connectivity index (χ4n) is 3.94. The minimum absolute atomic E-state index is 0.246. The molecular formula is C28H26N2O4. The van der Waals surface area contributed by atoms with Crippen LogP contribution in [0.1, 0.15) is 38.8 Å². The molecule has 0 spiro atoms. The van der Waals surface area contributed by atoms with Crippen LogP contribution in [-0.2, 0) is 22.6 Å². The first-order chi connectivity index (χ1) is 16.6. The summed E-state index contributed by atoms with van der Waals surface area (Å²) in [5.74, 6) is -0.909. The predicted molar refractivity (Wildman–Crippen MR) is 132 cm³/mol. The first kappa shape index (κ1) is 23.0. The number of aromatic nitrogens is 1. The minimum atomic E-state index is -0.457. The third kappa shape index (κ3) is 5.07. The van der Waals surface area contributed by atoms with E-state index in [0.717, 1.165) is 11.1 Å². The molecule has 172 valence electrons. The average molecular weight is 455 g/mol. The maximum absolute atomic E-state index is 13.0. The molecule has 0 aliphatic heterocycles. The summed E-state index contributed by atoms with van der Waals surface area (Å²) >= 11 is 0. The second-order valence-corrected chi connectivity index (χ2v) is 7.79. The maximum atomic E-state index is 13.0. The number of fused-ring (bicyclic) bond motifs is 1. The van der Waals surface area contributed by atoms with E-state index in [9.17, 15) is 9.59 Å². The fourth-order valence-corrected chi connectivity index (χ4v) is 3.94. The van der Waals surface area contributed by atoms with Crippen LogP contribution in [0.5, 0.6) is 0 Å². The lowest BCUT2D eigenvalue weighted by molar-refractivity contribution is 0.0525. The van der Waals surface area contributed by atoms with Gasteiger partial charge in [0, 0.05) is 24.7 Å². The molecule has 34 heavy (non-hydrogen) atoms. The summed E-state index contributed by atoms with van der Waals surface area (Å²) in [7, 11) is 1.35. The molecule has 0 N–H and O–H groups in total. The largest absolute Gasteiger partial charge is 0.465 e. The highest BCUT2D eigenvalue weighted by Gasteiger charge is 2.23. The van der Waals surface area contributed by atoms with E-state index in [-0.39, 0.29) is 6.61 Å². The zero-order chi connectivity index (χ0) is 23.9. The highest BCUT2D eigenvalue weighted by Crippen LogP contribution is 2.33. The molecule has 0 unspecified atom stereocenters. The summed E-state index contributed by atoms with van der Waals surface area (Å²) in [5, 5.41) is 0.681. The second kappa shape index (κ2) is 10.6. The predicted octanol–water partition coefficient (Wildman–Crippen LogP) is 5.40. The standard InChI is InChI=1S/C28H26N2O4/c1-3-34-28(32)24-17-29-25-15-14-22(27(31)33-2)16-23(25)26(24)30(18-20-10-6-4-7-11-20)19-21-12-8-5-9-13-21/h4-17H,3,18-19H2,1-2H3. The number of hydrogen-bond acceptors (Lipinski definition) is 6. The number of methoxy groups -OCH3 is 1. The van der Waals surface area contributed by atoms with E-state index in [2.05, 4.69) is 9.88 Å². The number of ether oxygens (including phenoxy) is 2. The Hall–Kier alpha value is -4.19. The summed E-state index contributed by atoms with van der Waals surface area (Å²) < 4.78 is 10.3. The number of carbonyl (C=O) groups excluding carboxylic acids is 2. The molecule has 4 aromatic rings. The molecule has 0 saturated heterocycles. The first-order valence-corrected chi connectivity index (χ1v) is 11.1. The van der Waals surface area contributed by atoms with Gasteiger partial charge < -0.3 is 14.4 Å². The Kier molecular flexibility index (Phi) is 7.18. The lowest BCUT2D eigenvalue weighted by atomic mass is 10.0. The molecular weight excluding hydrogens is 428 g/mol. The molecule has 6 nitrogen and oxygen atoms in total. The smallest absolute Gasteiger partial charge is 0.341 e. The lowest BCUT2D eigenvalue weighted by Gasteiger charge is -2.28. The van der Waals surface area contributed by atoms with Crippen molar-refractivity contribution >= 4 is 28.5 Å². The molecule has 0 amide bonds. The van der Waals surface area contributed by atoms with Gasteiger partial charge in [0.15, 0.2) is 0 Å². The van der Waals surface area contributed by atoms with Gasteiger partial charge in [-0.1, -0.05) is 60.7 Å². The summed E-state index contributed by atoms with van der Waals surface area (Å²) in [6, 6.07) is 25.3. The van der Waals surface area contributed by atoms with E-state index in [4.69, 9.17) is 9.47 Å². The molecule has 1 heterocycles. The second-order valence-electron chi connectivity index (χ2n) is 7.79. The van der Waals surface area contributed by atoms with Gasteiger partial charge >= 0.3 is 11.9 Å².